The number of hydrogen-bond donors (Lipinski definition) is 1. The zero-order chi connectivity index (χ0) is 20.8. The third kappa shape index (κ3) is 4.56. The van der Waals surface area contributed by atoms with E-state index in [4.69, 9.17) is 4.74 Å². The average molecular weight is 403 g/mol. The van der Waals surface area contributed by atoms with Crippen molar-refractivity contribution in [3.8, 4) is 5.75 Å². The van der Waals surface area contributed by atoms with Gasteiger partial charge in [0.15, 0.2) is 11.6 Å². The third-order valence-corrected chi connectivity index (χ3v) is 5.28. The number of amides is 1. The predicted octanol–water partition coefficient (Wildman–Crippen LogP) is 3.79. The summed E-state index contributed by atoms with van der Waals surface area (Å²) < 4.78 is 5.58. The zero-order valence-electron chi connectivity index (χ0n) is 17.0. The molecule has 0 radical (unpaired) electrons. The summed E-state index contributed by atoms with van der Waals surface area (Å²) >= 11 is 0. The number of methoxy groups -OCH3 is 1. The second kappa shape index (κ2) is 9.35. The van der Waals surface area contributed by atoms with Gasteiger partial charge in [-0.25, -0.2) is 0 Å². The second-order valence-electron chi connectivity index (χ2n) is 7.27. The molecule has 1 aromatic carbocycles. The van der Waals surface area contributed by atoms with Crippen LogP contribution in [0.4, 0.5) is 11.6 Å². The summed E-state index contributed by atoms with van der Waals surface area (Å²) in [6.07, 6.45) is 5.18. The zero-order valence-corrected chi connectivity index (χ0v) is 17.0. The highest BCUT2D eigenvalue weighted by Gasteiger charge is 2.27. The van der Waals surface area contributed by atoms with E-state index >= 15 is 0 Å². The highest BCUT2D eigenvalue weighted by Crippen LogP contribution is 2.38. The Morgan fingerprint density at radius 1 is 1.10 bits per heavy atom. The van der Waals surface area contributed by atoms with Crippen LogP contribution in [0, 0.1) is 0 Å². The summed E-state index contributed by atoms with van der Waals surface area (Å²) in [7, 11) is 1.70. The minimum Gasteiger partial charge on any atom is -0.496 e. The van der Waals surface area contributed by atoms with Gasteiger partial charge in [-0.3, -0.25) is 9.78 Å². The van der Waals surface area contributed by atoms with E-state index < -0.39 is 0 Å². The van der Waals surface area contributed by atoms with Gasteiger partial charge in [-0.15, -0.1) is 10.2 Å². The normalized spacial score (nSPS) is 16.2. The van der Waals surface area contributed by atoms with Crippen molar-refractivity contribution in [1.29, 1.82) is 0 Å². The molecule has 0 bridgehead atoms. The largest absolute Gasteiger partial charge is 0.496 e. The lowest BCUT2D eigenvalue weighted by atomic mass is 9.94. The molecule has 1 saturated heterocycles. The van der Waals surface area contributed by atoms with Gasteiger partial charge in [0, 0.05) is 24.0 Å². The molecular weight excluding hydrogens is 378 g/mol. The smallest absolute Gasteiger partial charge is 0.231 e. The summed E-state index contributed by atoms with van der Waals surface area (Å²) in [5.41, 5.74) is 1.88. The molecule has 1 atom stereocenters. The van der Waals surface area contributed by atoms with E-state index in [1.54, 1.807) is 19.4 Å². The number of piperidine rings is 1. The maximum absolute atomic E-state index is 12.2. The first-order chi connectivity index (χ1) is 14.7. The first kappa shape index (κ1) is 19.8. The number of carbonyl (C=O) groups is 1. The third-order valence-electron chi connectivity index (χ3n) is 5.28. The lowest BCUT2D eigenvalue weighted by Crippen LogP contribution is -2.34. The van der Waals surface area contributed by atoms with Crippen molar-refractivity contribution in [1.82, 2.24) is 15.2 Å². The van der Waals surface area contributed by atoms with Crippen molar-refractivity contribution in [2.45, 2.75) is 31.7 Å². The number of carbonyl (C=O) groups excluding carboxylic acids is 1. The Kier molecular flexibility index (Phi) is 6.17. The Hall–Kier alpha value is -3.48. The lowest BCUT2D eigenvalue weighted by molar-refractivity contribution is -0.115. The number of para-hydroxylation sites is 1. The van der Waals surface area contributed by atoms with Crippen LogP contribution in [0.3, 0.4) is 0 Å². The van der Waals surface area contributed by atoms with E-state index in [-0.39, 0.29) is 18.4 Å². The molecule has 7 heteroatoms. The Labute approximate surface area is 176 Å². The van der Waals surface area contributed by atoms with Gasteiger partial charge >= 0.3 is 0 Å². The van der Waals surface area contributed by atoms with E-state index in [1.807, 2.05) is 42.5 Å². The van der Waals surface area contributed by atoms with E-state index in [0.717, 1.165) is 42.9 Å². The maximum atomic E-state index is 12.2. The topological polar surface area (TPSA) is 80.2 Å². The molecule has 3 aromatic rings. The quantitative estimate of drug-likeness (QED) is 0.674. The first-order valence-corrected chi connectivity index (χ1v) is 10.2. The summed E-state index contributed by atoms with van der Waals surface area (Å²) in [6, 6.07) is 17.5. The van der Waals surface area contributed by atoms with Crippen LogP contribution in [0.25, 0.3) is 0 Å². The van der Waals surface area contributed by atoms with E-state index in [1.165, 1.54) is 0 Å². The number of pyridine rings is 1. The highest BCUT2D eigenvalue weighted by atomic mass is 16.5. The van der Waals surface area contributed by atoms with Crippen molar-refractivity contribution >= 4 is 17.5 Å². The Morgan fingerprint density at radius 2 is 1.97 bits per heavy atom. The Bertz CT molecular complexity index is 978. The number of aromatic nitrogens is 3. The van der Waals surface area contributed by atoms with Gasteiger partial charge in [0.1, 0.15) is 5.75 Å². The number of nitrogens with one attached hydrogen (secondary N) is 1. The van der Waals surface area contributed by atoms with Crippen LogP contribution < -0.4 is 15.0 Å². The number of nitrogens with zero attached hydrogens (tertiary/aromatic N) is 4. The average Bonchev–Trinajstić information content (AvgIpc) is 2.80. The summed E-state index contributed by atoms with van der Waals surface area (Å²) in [5.74, 6) is 1.96. The van der Waals surface area contributed by atoms with Gasteiger partial charge in [0.25, 0.3) is 0 Å². The van der Waals surface area contributed by atoms with E-state index in [0.29, 0.717) is 11.5 Å². The van der Waals surface area contributed by atoms with E-state index in [9.17, 15) is 4.79 Å². The summed E-state index contributed by atoms with van der Waals surface area (Å²) in [5, 5.41) is 11.4. The molecule has 7 nitrogen and oxygen atoms in total. The van der Waals surface area contributed by atoms with Crippen LogP contribution in [0.1, 0.15) is 36.6 Å². The molecule has 0 aliphatic carbocycles. The molecule has 154 valence electrons. The second-order valence-corrected chi connectivity index (χ2v) is 7.27. The van der Waals surface area contributed by atoms with Gasteiger partial charge < -0.3 is 15.0 Å². The molecule has 4 rings (SSSR count). The van der Waals surface area contributed by atoms with Crippen LogP contribution in [0.2, 0.25) is 0 Å². The maximum Gasteiger partial charge on any atom is 0.231 e. The van der Waals surface area contributed by atoms with E-state index in [2.05, 4.69) is 31.5 Å². The van der Waals surface area contributed by atoms with Crippen molar-refractivity contribution in [3.63, 3.8) is 0 Å². The van der Waals surface area contributed by atoms with Crippen molar-refractivity contribution in [2.24, 2.45) is 0 Å². The molecule has 1 aliphatic heterocycles. The predicted molar refractivity (Wildman–Crippen MR) is 116 cm³/mol. The van der Waals surface area contributed by atoms with Crippen LogP contribution in [0.15, 0.2) is 60.8 Å². The molecule has 1 fully saturated rings. The molecule has 1 N–H and O–H groups in total. The van der Waals surface area contributed by atoms with Crippen molar-refractivity contribution in [2.75, 3.05) is 23.9 Å². The summed E-state index contributed by atoms with van der Waals surface area (Å²) in [6.45, 7) is 0.906. The molecule has 1 amide bonds. The summed E-state index contributed by atoms with van der Waals surface area (Å²) in [4.78, 5) is 18.7. The SMILES string of the molecule is COc1ccccc1C1CCCCN1c1ccc(NC(=O)Cc2ccccn2)nn1. The highest BCUT2D eigenvalue weighted by molar-refractivity contribution is 5.91. The van der Waals surface area contributed by atoms with Crippen molar-refractivity contribution in [3.05, 3.63) is 72.1 Å². The van der Waals surface area contributed by atoms with Crippen molar-refractivity contribution < 1.29 is 9.53 Å². The van der Waals surface area contributed by atoms with Crippen LogP contribution in [0.5, 0.6) is 5.75 Å². The van der Waals surface area contributed by atoms with Gasteiger partial charge in [-0.1, -0.05) is 24.3 Å². The number of hydrogen-bond acceptors (Lipinski definition) is 6. The molecule has 0 spiro atoms. The number of ether oxygens (including phenoxy) is 1. The minimum atomic E-state index is -0.166. The Balaban J connectivity index is 1.47. The van der Waals surface area contributed by atoms with Gasteiger partial charge in [-0.2, -0.15) is 0 Å². The monoisotopic (exact) mass is 403 g/mol. The molecule has 2 aromatic heterocycles. The lowest BCUT2D eigenvalue weighted by Gasteiger charge is -2.37. The fourth-order valence-corrected chi connectivity index (χ4v) is 3.87. The first-order valence-electron chi connectivity index (χ1n) is 10.2. The Morgan fingerprint density at radius 3 is 2.73 bits per heavy atom. The number of benzene rings is 1. The minimum absolute atomic E-state index is 0.166. The number of rotatable bonds is 6. The van der Waals surface area contributed by atoms with Crippen LogP contribution in [-0.4, -0.2) is 34.7 Å². The number of anilines is 2. The van der Waals surface area contributed by atoms with Gasteiger partial charge in [-0.05, 0) is 49.6 Å². The van der Waals surface area contributed by atoms with Crippen LogP contribution >= 0.6 is 0 Å². The fraction of sp³-hybridized carbons (Fsp3) is 0.304. The molecule has 0 saturated carbocycles. The molecular formula is C23H25N5O2. The van der Waals surface area contributed by atoms with Crippen LogP contribution in [-0.2, 0) is 11.2 Å². The fourth-order valence-electron chi connectivity index (χ4n) is 3.87. The standard InChI is InChI=1S/C23H25N5O2/c1-30-20-11-3-2-9-18(20)19-10-5-7-15-28(19)22-13-12-21(26-27-22)25-23(29)16-17-8-4-6-14-24-17/h2-4,6,8-9,11-14,19H,5,7,10,15-16H2,1H3,(H,25,26,29). The van der Waals surface area contributed by atoms with Gasteiger partial charge in [0.05, 0.1) is 19.6 Å². The molecule has 1 unspecified atom stereocenters. The molecule has 30 heavy (non-hydrogen) atoms. The van der Waals surface area contributed by atoms with Gasteiger partial charge in [0.2, 0.25) is 5.91 Å². The molecule has 3 heterocycles. The molecule has 1 aliphatic rings.